The van der Waals surface area contributed by atoms with Crippen LogP contribution in [0.25, 0.3) is 0 Å². The number of nitrogens with one attached hydrogen (secondary N) is 1. The van der Waals surface area contributed by atoms with E-state index in [1.807, 2.05) is 43.9 Å². The van der Waals surface area contributed by atoms with E-state index in [1.165, 1.54) is 6.07 Å². The van der Waals surface area contributed by atoms with E-state index in [1.54, 1.807) is 0 Å². The maximum Gasteiger partial charge on any atom is 0.417 e. The molecule has 1 aromatic carbocycles. The molecule has 5 nitrogen and oxygen atoms in total. The summed E-state index contributed by atoms with van der Waals surface area (Å²) in [7, 11) is 0. The summed E-state index contributed by atoms with van der Waals surface area (Å²) in [6.07, 6.45) is -3.52. The Balaban J connectivity index is 1.56. The van der Waals surface area contributed by atoms with Gasteiger partial charge in [0.25, 0.3) is 0 Å². The fourth-order valence-corrected chi connectivity index (χ4v) is 3.44. The van der Waals surface area contributed by atoms with Crippen LogP contribution in [0.3, 0.4) is 0 Å². The molecule has 1 aromatic heterocycles. The number of carbonyl (C=O) groups is 1. The summed E-state index contributed by atoms with van der Waals surface area (Å²) >= 11 is 0. The van der Waals surface area contributed by atoms with Crippen molar-refractivity contribution in [2.45, 2.75) is 33.0 Å². The Morgan fingerprint density at radius 1 is 1.10 bits per heavy atom. The van der Waals surface area contributed by atoms with Gasteiger partial charge < -0.3 is 10.2 Å². The third-order valence-corrected chi connectivity index (χ3v) is 5.28. The maximum absolute atomic E-state index is 12.7. The Morgan fingerprint density at radius 3 is 2.34 bits per heavy atom. The van der Waals surface area contributed by atoms with Crippen molar-refractivity contribution in [1.29, 1.82) is 0 Å². The molecule has 1 unspecified atom stereocenters. The molecule has 1 saturated heterocycles. The summed E-state index contributed by atoms with van der Waals surface area (Å²) in [5, 5.41) is 2.98. The Hall–Kier alpha value is -2.61. The van der Waals surface area contributed by atoms with E-state index in [9.17, 15) is 18.0 Å². The highest BCUT2D eigenvalue weighted by Crippen LogP contribution is 2.29. The lowest BCUT2D eigenvalue weighted by Gasteiger charge is -2.38. The van der Waals surface area contributed by atoms with Gasteiger partial charge in [-0.15, -0.1) is 0 Å². The molecule has 29 heavy (non-hydrogen) atoms. The van der Waals surface area contributed by atoms with E-state index in [0.717, 1.165) is 29.1 Å². The lowest BCUT2D eigenvalue weighted by atomic mass is 10.1. The van der Waals surface area contributed by atoms with E-state index in [2.05, 4.69) is 15.2 Å². The van der Waals surface area contributed by atoms with E-state index in [0.29, 0.717) is 32.0 Å². The minimum atomic E-state index is -4.39. The number of piperazine rings is 1. The van der Waals surface area contributed by atoms with Gasteiger partial charge >= 0.3 is 6.18 Å². The lowest BCUT2D eigenvalue weighted by molar-refractivity contribution is -0.137. The average Bonchev–Trinajstić information content (AvgIpc) is 2.69. The number of halogens is 3. The number of hydrogen-bond donors (Lipinski definition) is 1. The molecule has 0 aliphatic carbocycles. The van der Waals surface area contributed by atoms with E-state index in [-0.39, 0.29) is 11.9 Å². The summed E-state index contributed by atoms with van der Waals surface area (Å²) in [5.74, 6) is 0.447. The van der Waals surface area contributed by atoms with Gasteiger partial charge in [0.2, 0.25) is 5.91 Å². The van der Waals surface area contributed by atoms with Crippen molar-refractivity contribution in [3.05, 3.63) is 53.2 Å². The minimum absolute atomic E-state index is 0.0712. The predicted molar refractivity (Wildman–Crippen MR) is 107 cm³/mol. The predicted octanol–water partition coefficient (Wildman–Crippen LogP) is 3.87. The van der Waals surface area contributed by atoms with Crippen LogP contribution in [-0.4, -0.2) is 48.0 Å². The van der Waals surface area contributed by atoms with Crippen molar-refractivity contribution >= 4 is 17.4 Å². The summed E-state index contributed by atoms with van der Waals surface area (Å²) < 4.78 is 38.0. The van der Waals surface area contributed by atoms with Crippen molar-refractivity contribution in [3.8, 4) is 0 Å². The zero-order valence-corrected chi connectivity index (χ0v) is 16.8. The van der Waals surface area contributed by atoms with E-state index in [4.69, 9.17) is 0 Å². The molecule has 1 N–H and O–H groups in total. The van der Waals surface area contributed by atoms with Crippen LogP contribution in [0.4, 0.5) is 24.7 Å². The number of aryl methyl sites for hydroxylation is 2. The van der Waals surface area contributed by atoms with Gasteiger partial charge in [-0.3, -0.25) is 9.69 Å². The van der Waals surface area contributed by atoms with Gasteiger partial charge in [-0.1, -0.05) is 17.7 Å². The number of amides is 1. The van der Waals surface area contributed by atoms with Crippen LogP contribution in [0, 0.1) is 13.8 Å². The third kappa shape index (κ3) is 5.06. The number of aromatic nitrogens is 1. The standard InChI is InChI=1S/C21H25F3N4O/c1-14-4-6-18(15(2)12-14)26-20(29)16(3)27-8-10-28(11-9-27)19-7-5-17(13-25-19)21(22,23)24/h4-7,12-13,16H,8-11H2,1-3H3,(H,26,29). The number of benzene rings is 1. The highest BCUT2D eigenvalue weighted by atomic mass is 19.4. The van der Waals surface area contributed by atoms with Crippen molar-refractivity contribution in [2.24, 2.45) is 0 Å². The Morgan fingerprint density at radius 2 is 1.79 bits per heavy atom. The number of carbonyl (C=O) groups excluding carboxylic acids is 1. The van der Waals surface area contributed by atoms with Crippen molar-refractivity contribution in [3.63, 3.8) is 0 Å². The molecule has 0 bridgehead atoms. The maximum atomic E-state index is 12.7. The second kappa shape index (κ2) is 8.41. The fourth-order valence-electron chi connectivity index (χ4n) is 3.44. The first-order valence-corrected chi connectivity index (χ1v) is 9.55. The highest BCUT2D eigenvalue weighted by molar-refractivity contribution is 5.95. The van der Waals surface area contributed by atoms with Gasteiger partial charge in [0.05, 0.1) is 11.6 Å². The molecule has 156 valence electrons. The molecule has 1 amide bonds. The third-order valence-electron chi connectivity index (χ3n) is 5.28. The van der Waals surface area contributed by atoms with Crippen LogP contribution in [0.5, 0.6) is 0 Å². The minimum Gasteiger partial charge on any atom is -0.354 e. The van der Waals surface area contributed by atoms with Gasteiger partial charge in [0.15, 0.2) is 0 Å². The van der Waals surface area contributed by atoms with Crippen LogP contribution < -0.4 is 10.2 Å². The molecule has 1 atom stereocenters. The molecular formula is C21H25F3N4O. The van der Waals surface area contributed by atoms with Crippen molar-refractivity contribution < 1.29 is 18.0 Å². The second-order valence-corrected chi connectivity index (χ2v) is 7.41. The van der Waals surface area contributed by atoms with Crippen molar-refractivity contribution in [1.82, 2.24) is 9.88 Å². The second-order valence-electron chi connectivity index (χ2n) is 7.41. The van der Waals surface area contributed by atoms with Gasteiger partial charge in [-0.2, -0.15) is 13.2 Å². The summed E-state index contributed by atoms with van der Waals surface area (Å²) in [6, 6.07) is 8.03. The Kier molecular flexibility index (Phi) is 6.12. The number of anilines is 2. The number of rotatable bonds is 4. The molecule has 2 heterocycles. The fraction of sp³-hybridized carbons (Fsp3) is 0.429. The Labute approximate surface area is 168 Å². The molecule has 3 rings (SSSR count). The van der Waals surface area contributed by atoms with E-state index >= 15 is 0 Å². The molecule has 1 fully saturated rings. The zero-order valence-electron chi connectivity index (χ0n) is 16.8. The molecule has 0 spiro atoms. The Bertz CT molecular complexity index is 859. The average molecular weight is 406 g/mol. The number of pyridine rings is 1. The molecule has 8 heteroatoms. The topological polar surface area (TPSA) is 48.5 Å². The molecular weight excluding hydrogens is 381 g/mol. The van der Waals surface area contributed by atoms with Crippen LogP contribution in [0.1, 0.15) is 23.6 Å². The summed E-state index contributed by atoms with van der Waals surface area (Å²) in [5.41, 5.74) is 2.21. The van der Waals surface area contributed by atoms with Gasteiger partial charge in [0.1, 0.15) is 5.82 Å². The summed E-state index contributed by atoms with van der Waals surface area (Å²) in [6.45, 7) is 8.29. The van der Waals surface area contributed by atoms with Crippen LogP contribution >= 0.6 is 0 Å². The first-order chi connectivity index (χ1) is 13.6. The molecule has 0 saturated carbocycles. The number of nitrogens with zero attached hydrogens (tertiary/aromatic N) is 3. The van der Waals surface area contributed by atoms with Crippen LogP contribution in [0.15, 0.2) is 36.5 Å². The summed E-state index contributed by atoms with van der Waals surface area (Å²) in [4.78, 5) is 20.6. The molecule has 0 radical (unpaired) electrons. The van der Waals surface area contributed by atoms with E-state index < -0.39 is 11.7 Å². The largest absolute Gasteiger partial charge is 0.417 e. The first-order valence-electron chi connectivity index (χ1n) is 9.55. The van der Waals surface area contributed by atoms with Crippen molar-refractivity contribution in [2.75, 3.05) is 36.4 Å². The monoisotopic (exact) mass is 406 g/mol. The number of hydrogen-bond acceptors (Lipinski definition) is 4. The normalized spacial score (nSPS) is 16.6. The van der Waals surface area contributed by atoms with Gasteiger partial charge in [0, 0.05) is 38.1 Å². The molecule has 1 aliphatic rings. The first kappa shape index (κ1) is 21.1. The highest BCUT2D eigenvalue weighted by Gasteiger charge is 2.31. The number of alkyl halides is 3. The van der Waals surface area contributed by atoms with Crippen LogP contribution in [0.2, 0.25) is 0 Å². The SMILES string of the molecule is Cc1ccc(NC(=O)C(C)N2CCN(c3ccc(C(F)(F)F)cn3)CC2)c(C)c1. The van der Waals surface area contributed by atoms with Crippen LogP contribution in [-0.2, 0) is 11.0 Å². The zero-order chi connectivity index (χ0) is 21.2. The smallest absolute Gasteiger partial charge is 0.354 e. The molecule has 2 aromatic rings. The molecule has 1 aliphatic heterocycles. The quantitative estimate of drug-likeness (QED) is 0.838. The van der Waals surface area contributed by atoms with Gasteiger partial charge in [-0.05, 0) is 44.5 Å². The van der Waals surface area contributed by atoms with Gasteiger partial charge in [-0.25, -0.2) is 4.98 Å². The lowest BCUT2D eigenvalue weighted by Crippen LogP contribution is -2.53.